The molecule has 2 nitrogen and oxygen atoms in total. The molecule has 0 saturated carbocycles. The second-order valence-electron chi connectivity index (χ2n) is 4.43. The predicted molar refractivity (Wildman–Crippen MR) is 82.9 cm³/mol. The highest BCUT2D eigenvalue weighted by atomic mass is 35.5. The Bertz CT molecular complexity index is 626. The van der Waals surface area contributed by atoms with Crippen LogP contribution in [-0.2, 0) is 0 Å². The summed E-state index contributed by atoms with van der Waals surface area (Å²) in [4.78, 5) is 0. The van der Waals surface area contributed by atoms with E-state index in [0.29, 0.717) is 11.6 Å². The van der Waals surface area contributed by atoms with Crippen LogP contribution in [-0.4, -0.2) is 6.61 Å². The van der Waals surface area contributed by atoms with Crippen LogP contribution in [0.15, 0.2) is 48.5 Å². The molecule has 0 aliphatic rings. The van der Waals surface area contributed by atoms with Crippen molar-refractivity contribution in [1.29, 1.82) is 0 Å². The van der Waals surface area contributed by atoms with Crippen molar-refractivity contribution in [2.45, 2.75) is 13.0 Å². The average Bonchev–Trinajstić information content (AvgIpc) is 2.45. The van der Waals surface area contributed by atoms with E-state index < -0.39 is 0 Å². The maximum atomic E-state index is 5.96. The molecule has 0 aliphatic heterocycles. The maximum absolute atomic E-state index is 5.96. The molecule has 2 rings (SSSR count). The van der Waals surface area contributed by atoms with Crippen molar-refractivity contribution in [1.82, 2.24) is 0 Å². The maximum Gasteiger partial charge on any atom is 0.149 e. The Morgan fingerprint density at radius 3 is 2.65 bits per heavy atom. The van der Waals surface area contributed by atoms with Gasteiger partial charge in [0.05, 0.1) is 0 Å². The van der Waals surface area contributed by atoms with Gasteiger partial charge in [0.2, 0.25) is 0 Å². The highest BCUT2D eigenvalue weighted by Crippen LogP contribution is 2.27. The third-order valence-electron chi connectivity index (χ3n) is 2.77. The number of nitrogens with two attached hydrogens (primary N) is 1. The monoisotopic (exact) mass is 285 g/mol. The van der Waals surface area contributed by atoms with Gasteiger partial charge >= 0.3 is 0 Å². The standard InChI is InChI=1S/C17H16ClNO/c1-13(19)16-12-15(18)9-10-17(16)20-11-5-8-14-6-3-2-4-7-14/h2-4,6-7,9-10,12-13H,11,19H2,1H3/t13-/m0/s1. The summed E-state index contributed by atoms with van der Waals surface area (Å²) in [5.74, 6) is 6.76. The average molecular weight is 286 g/mol. The van der Waals surface area contributed by atoms with Gasteiger partial charge in [-0.1, -0.05) is 41.6 Å². The van der Waals surface area contributed by atoms with Crippen LogP contribution < -0.4 is 10.5 Å². The molecule has 0 saturated heterocycles. The Hall–Kier alpha value is -1.95. The molecule has 0 fully saturated rings. The van der Waals surface area contributed by atoms with Crippen LogP contribution in [0.1, 0.15) is 24.1 Å². The third-order valence-corrected chi connectivity index (χ3v) is 3.00. The lowest BCUT2D eigenvalue weighted by Gasteiger charge is -2.12. The van der Waals surface area contributed by atoms with E-state index >= 15 is 0 Å². The van der Waals surface area contributed by atoms with E-state index in [0.717, 1.165) is 16.9 Å². The molecular formula is C17H16ClNO. The zero-order valence-corrected chi connectivity index (χ0v) is 12.0. The van der Waals surface area contributed by atoms with Gasteiger partial charge < -0.3 is 10.5 Å². The van der Waals surface area contributed by atoms with Crippen molar-refractivity contribution < 1.29 is 4.74 Å². The second kappa shape index (κ2) is 7.00. The summed E-state index contributed by atoms with van der Waals surface area (Å²) >= 11 is 5.96. The summed E-state index contributed by atoms with van der Waals surface area (Å²) in [7, 11) is 0. The van der Waals surface area contributed by atoms with Crippen LogP contribution in [0.4, 0.5) is 0 Å². The lowest BCUT2D eigenvalue weighted by atomic mass is 10.1. The fourth-order valence-corrected chi connectivity index (χ4v) is 1.96. The van der Waals surface area contributed by atoms with Gasteiger partial charge in [0.15, 0.2) is 0 Å². The highest BCUT2D eigenvalue weighted by molar-refractivity contribution is 6.30. The Balaban J connectivity index is 2.03. The van der Waals surface area contributed by atoms with Crippen LogP contribution >= 0.6 is 11.6 Å². The Morgan fingerprint density at radius 1 is 1.20 bits per heavy atom. The van der Waals surface area contributed by atoms with Gasteiger partial charge in [0.1, 0.15) is 12.4 Å². The first-order chi connectivity index (χ1) is 9.66. The first kappa shape index (κ1) is 14.5. The molecule has 0 unspecified atom stereocenters. The van der Waals surface area contributed by atoms with E-state index in [9.17, 15) is 0 Å². The van der Waals surface area contributed by atoms with E-state index in [1.165, 1.54) is 0 Å². The topological polar surface area (TPSA) is 35.2 Å². The molecule has 0 radical (unpaired) electrons. The smallest absolute Gasteiger partial charge is 0.149 e. The number of benzene rings is 2. The van der Waals surface area contributed by atoms with Crippen LogP contribution in [0.3, 0.4) is 0 Å². The number of halogens is 1. The Labute approximate surface area is 124 Å². The van der Waals surface area contributed by atoms with Crippen LogP contribution in [0.5, 0.6) is 5.75 Å². The van der Waals surface area contributed by atoms with E-state index in [1.54, 1.807) is 6.07 Å². The normalized spacial score (nSPS) is 11.3. The van der Waals surface area contributed by atoms with Crippen LogP contribution in [0.25, 0.3) is 0 Å². The first-order valence-corrected chi connectivity index (χ1v) is 6.76. The van der Waals surface area contributed by atoms with Gasteiger partial charge in [-0.2, -0.15) is 0 Å². The predicted octanol–water partition coefficient (Wildman–Crippen LogP) is 3.79. The summed E-state index contributed by atoms with van der Waals surface area (Å²) in [6, 6.07) is 15.1. The Morgan fingerprint density at radius 2 is 1.95 bits per heavy atom. The molecule has 0 aromatic heterocycles. The van der Waals surface area contributed by atoms with Gasteiger partial charge in [-0.25, -0.2) is 0 Å². The lowest BCUT2D eigenvalue weighted by Crippen LogP contribution is -2.08. The number of hydrogen-bond donors (Lipinski definition) is 1. The number of rotatable bonds is 3. The highest BCUT2D eigenvalue weighted by Gasteiger charge is 2.08. The van der Waals surface area contributed by atoms with Crippen molar-refractivity contribution in [2.75, 3.05) is 6.61 Å². The van der Waals surface area contributed by atoms with Crippen LogP contribution in [0, 0.1) is 11.8 Å². The summed E-state index contributed by atoms with van der Waals surface area (Å²) < 4.78 is 5.66. The van der Waals surface area contributed by atoms with Gasteiger partial charge in [-0.15, -0.1) is 0 Å². The number of ether oxygens (including phenoxy) is 1. The van der Waals surface area contributed by atoms with E-state index in [2.05, 4.69) is 11.8 Å². The molecule has 0 bridgehead atoms. The molecule has 102 valence electrons. The molecule has 0 spiro atoms. The summed E-state index contributed by atoms with van der Waals surface area (Å²) in [5.41, 5.74) is 7.76. The molecular weight excluding hydrogens is 270 g/mol. The minimum absolute atomic E-state index is 0.134. The van der Waals surface area contributed by atoms with Crippen molar-refractivity contribution in [3.05, 3.63) is 64.7 Å². The van der Waals surface area contributed by atoms with Crippen LogP contribution in [0.2, 0.25) is 5.02 Å². The molecule has 0 aliphatic carbocycles. The van der Waals surface area contributed by atoms with Crippen molar-refractivity contribution >= 4 is 11.6 Å². The fraction of sp³-hybridized carbons (Fsp3) is 0.176. The minimum Gasteiger partial charge on any atom is -0.481 e. The number of hydrogen-bond acceptors (Lipinski definition) is 2. The summed E-state index contributed by atoms with van der Waals surface area (Å²) in [6.07, 6.45) is 0. The van der Waals surface area contributed by atoms with Gasteiger partial charge in [-0.3, -0.25) is 0 Å². The SMILES string of the molecule is C[C@H](N)c1cc(Cl)ccc1OCC#Cc1ccccc1. The molecule has 3 heteroatoms. The largest absolute Gasteiger partial charge is 0.481 e. The molecule has 2 aromatic carbocycles. The molecule has 2 N–H and O–H groups in total. The van der Waals surface area contributed by atoms with Crippen molar-refractivity contribution in [3.63, 3.8) is 0 Å². The zero-order chi connectivity index (χ0) is 14.4. The fourth-order valence-electron chi connectivity index (χ4n) is 1.78. The van der Waals surface area contributed by atoms with E-state index in [4.69, 9.17) is 22.1 Å². The zero-order valence-electron chi connectivity index (χ0n) is 11.3. The molecule has 1 atom stereocenters. The summed E-state index contributed by atoms with van der Waals surface area (Å²) in [5, 5.41) is 0.653. The second-order valence-corrected chi connectivity index (χ2v) is 4.86. The van der Waals surface area contributed by atoms with E-state index in [1.807, 2.05) is 49.4 Å². The summed E-state index contributed by atoms with van der Waals surface area (Å²) in [6.45, 7) is 2.21. The van der Waals surface area contributed by atoms with Gasteiger partial charge in [0, 0.05) is 22.2 Å². The van der Waals surface area contributed by atoms with Crippen molar-refractivity contribution in [3.8, 4) is 17.6 Å². The van der Waals surface area contributed by atoms with E-state index in [-0.39, 0.29) is 6.04 Å². The molecule has 0 heterocycles. The molecule has 2 aromatic rings. The first-order valence-electron chi connectivity index (χ1n) is 6.38. The van der Waals surface area contributed by atoms with Gasteiger partial charge in [0.25, 0.3) is 0 Å². The minimum atomic E-state index is -0.134. The molecule has 20 heavy (non-hydrogen) atoms. The quantitative estimate of drug-likeness (QED) is 0.871. The Kier molecular flexibility index (Phi) is 5.06. The molecule has 0 amide bonds. The lowest BCUT2D eigenvalue weighted by molar-refractivity contribution is 0.364. The van der Waals surface area contributed by atoms with Crippen molar-refractivity contribution in [2.24, 2.45) is 5.73 Å². The third kappa shape index (κ3) is 4.03. The van der Waals surface area contributed by atoms with Gasteiger partial charge in [-0.05, 0) is 37.3 Å².